The SMILES string of the molecule is C[SiH2]OCCCCCCCCCOc1ccc(-c2ncc(C)cn2)cc1. The van der Waals surface area contributed by atoms with E-state index in [4.69, 9.17) is 9.16 Å². The minimum absolute atomic E-state index is 0.200. The lowest BCUT2D eigenvalue weighted by Gasteiger charge is -2.07. The maximum Gasteiger partial charge on any atom is 0.159 e. The van der Waals surface area contributed by atoms with Crippen LogP contribution in [0.3, 0.4) is 0 Å². The van der Waals surface area contributed by atoms with E-state index in [1.165, 1.54) is 38.5 Å². The quantitative estimate of drug-likeness (QED) is 0.377. The molecule has 1 aromatic carbocycles. The molecule has 0 fully saturated rings. The number of aromatic nitrogens is 2. The standard InChI is InChI=1S/C21H32N2O2Si/c1-18-16-22-21(23-17-18)19-10-12-20(13-11-19)24-14-8-6-4-3-5-7-9-15-25-26-2/h10-13,16-17H,3-9,14-15,26H2,1-2H3. The lowest BCUT2D eigenvalue weighted by atomic mass is 10.1. The van der Waals surface area contributed by atoms with Crippen LogP contribution in [0.1, 0.15) is 50.5 Å². The molecule has 142 valence electrons. The predicted molar refractivity (Wildman–Crippen MR) is 110 cm³/mol. The second kappa shape index (κ2) is 12.6. The Morgan fingerprint density at radius 2 is 1.38 bits per heavy atom. The molecular weight excluding hydrogens is 340 g/mol. The Hall–Kier alpha value is -1.72. The lowest BCUT2D eigenvalue weighted by Crippen LogP contribution is -1.98. The predicted octanol–water partition coefficient (Wildman–Crippen LogP) is 4.71. The van der Waals surface area contributed by atoms with Gasteiger partial charge in [0, 0.05) is 24.6 Å². The highest BCUT2D eigenvalue weighted by Crippen LogP contribution is 2.19. The van der Waals surface area contributed by atoms with Gasteiger partial charge in [-0.25, -0.2) is 9.97 Å². The highest BCUT2D eigenvalue weighted by Gasteiger charge is 2.01. The number of nitrogens with zero attached hydrogens (tertiary/aromatic N) is 2. The number of aryl methyl sites for hydroxylation is 1. The lowest BCUT2D eigenvalue weighted by molar-refractivity contribution is 0.303. The molecule has 2 aromatic rings. The summed E-state index contributed by atoms with van der Waals surface area (Å²) in [7, 11) is -0.200. The first kappa shape index (κ1) is 20.6. The molecule has 0 bridgehead atoms. The summed E-state index contributed by atoms with van der Waals surface area (Å²) in [6.45, 7) is 5.94. The zero-order chi connectivity index (χ0) is 18.5. The van der Waals surface area contributed by atoms with Crippen LogP contribution in [0, 0.1) is 6.92 Å². The molecule has 0 amide bonds. The van der Waals surface area contributed by atoms with E-state index in [2.05, 4.69) is 16.5 Å². The van der Waals surface area contributed by atoms with Crippen LogP contribution in [-0.4, -0.2) is 32.9 Å². The van der Waals surface area contributed by atoms with E-state index in [1.807, 2.05) is 43.6 Å². The average Bonchev–Trinajstić information content (AvgIpc) is 2.67. The van der Waals surface area contributed by atoms with Crippen molar-refractivity contribution in [3.05, 3.63) is 42.2 Å². The number of hydrogen-bond acceptors (Lipinski definition) is 4. The third-order valence-corrected chi connectivity index (χ3v) is 5.00. The fourth-order valence-corrected chi connectivity index (χ4v) is 3.26. The normalized spacial score (nSPS) is 11.3. The molecule has 26 heavy (non-hydrogen) atoms. The van der Waals surface area contributed by atoms with Gasteiger partial charge in [0.05, 0.1) is 6.61 Å². The molecule has 5 heteroatoms. The van der Waals surface area contributed by atoms with Crippen LogP contribution >= 0.6 is 0 Å². The summed E-state index contributed by atoms with van der Waals surface area (Å²) in [5.41, 5.74) is 2.09. The summed E-state index contributed by atoms with van der Waals surface area (Å²) in [6, 6.07) is 8.04. The van der Waals surface area contributed by atoms with E-state index in [9.17, 15) is 0 Å². The van der Waals surface area contributed by atoms with E-state index >= 15 is 0 Å². The second-order valence-electron chi connectivity index (χ2n) is 6.63. The summed E-state index contributed by atoms with van der Waals surface area (Å²) in [4.78, 5) is 8.71. The average molecular weight is 373 g/mol. The molecule has 0 unspecified atom stereocenters. The molecule has 0 aliphatic carbocycles. The third-order valence-electron chi connectivity index (χ3n) is 4.30. The zero-order valence-electron chi connectivity index (χ0n) is 16.2. The number of rotatable bonds is 13. The van der Waals surface area contributed by atoms with Crippen molar-refractivity contribution in [2.75, 3.05) is 13.2 Å². The first-order chi connectivity index (χ1) is 12.8. The summed E-state index contributed by atoms with van der Waals surface area (Å²) in [5, 5.41) is 0. The van der Waals surface area contributed by atoms with Gasteiger partial charge in [0.25, 0.3) is 0 Å². The number of unbranched alkanes of at least 4 members (excludes halogenated alkanes) is 6. The molecule has 2 rings (SSSR count). The minimum atomic E-state index is -0.200. The zero-order valence-corrected chi connectivity index (χ0v) is 17.7. The summed E-state index contributed by atoms with van der Waals surface area (Å²) < 4.78 is 11.3. The van der Waals surface area contributed by atoms with E-state index < -0.39 is 0 Å². The first-order valence-corrected chi connectivity index (χ1v) is 11.9. The van der Waals surface area contributed by atoms with Crippen molar-refractivity contribution in [3.8, 4) is 17.1 Å². The molecule has 1 heterocycles. The van der Waals surface area contributed by atoms with Crippen molar-refractivity contribution < 1.29 is 9.16 Å². The molecule has 0 radical (unpaired) electrons. The summed E-state index contributed by atoms with van der Waals surface area (Å²) in [5.74, 6) is 1.67. The van der Waals surface area contributed by atoms with Crippen LogP contribution in [0.4, 0.5) is 0 Å². The fraction of sp³-hybridized carbons (Fsp3) is 0.524. The molecule has 0 spiro atoms. The number of hydrogen-bond donors (Lipinski definition) is 0. The van der Waals surface area contributed by atoms with Gasteiger partial charge in [-0.3, -0.25) is 0 Å². The van der Waals surface area contributed by atoms with Crippen LogP contribution in [0.25, 0.3) is 11.4 Å². The van der Waals surface area contributed by atoms with Crippen LogP contribution in [0.2, 0.25) is 6.55 Å². The third kappa shape index (κ3) is 8.10. The van der Waals surface area contributed by atoms with Crippen LogP contribution in [0.5, 0.6) is 5.75 Å². The monoisotopic (exact) mass is 372 g/mol. The van der Waals surface area contributed by atoms with Crippen LogP contribution in [-0.2, 0) is 4.43 Å². The second-order valence-corrected chi connectivity index (χ2v) is 7.61. The maximum atomic E-state index is 5.83. The van der Waals surface area contributed by atoms with Crippen molar-refractivity contribution in [2.24, 2.45) is 0 Å². The molecule has 0 saturated carbocycles. The topological polar surface area (TPSA) is 44.2 Å². The Morgan fingerprint density at radius 1 is 0.808 bits per heavy atom. The highest BCUT2D eigenvalue weighted by molar-refractivity contribution is 6.24. The molecule has 0 N–H and O–H groups in total. The van der Waals surface area contributed by atoms with Crippen LogP contribution in [0.15, 0.2) is 36.7 Å². The van der Waals surface area contributed by atoms with Crippen molar-refractivity contribution in [1.29, 1.82) is 0 Å². The van der Waals surface area contributed by atoms with Gasteiger partial charge in [0.2, 0.25) is 0 Å². The summed E-state index contributed by atoms with van der Waals surface area (Å²) in [6.07, 6.45) is 12.5. The molecular formula is C21H32N2O2Si. The highest BCUT2D eigenvalue weighted by atomic mass is 28.2. The van der Waals surface area contributed by atoms with Gasteiger partial charge in [-0.05, 0) is 49.6 Å². The minimum Gasteiger partial charge on any atom is -0.494 e. The van der Waals surface area contributed by atoms with E-state index in [1.54, 1.807) is 0 Å². The van der Waals surface area contributed by atoms with E-state index in [0.717, 1.165) is 42.3 Å². The molecule has 0 aliphatic rings. The van der Waals surface area contributed by atoms with Gasteiger partial charge in [0.15, 0.2) is 15.6 Å². The molecule has 4 nitrogen and oxygen atoms in total. The Kier molecular flexibility index (Phi) is 9.98. The van der Waals surface area contributed by atoms with E-state index in [-0.39, 0.29) is 9.76 Å². The Balaban J connectivity index is 1.54. The number of ether oxygens (including phenoxy) is 1. The van der Waals surface area contributed by atoms with Crippen molar-refractivity contribution in [1.82, 2.24) is 9.97 Å². The van der Waals surface area contributed by atoms with Gasteiger partial charge < -0.3 is 9.16 Å². The molecule has 0 aliphatic heterocycles. The smallest absolute Gasteiger partial charge is 0.159 e. The Morgan fingerprint density at radius 3 is 2.00 bits per heavy atom. The number of benzene rings is 1. The maximum absolute atomic E-state index is 5.83. The van der Waals surface area contributed by atoms with Gasteiger partial charge in [-0.1, -0.05) is 38.7 Å². The Labute approximate surface area is 160 Å². The summed E-state index contributed by atoms with van der Waals surface area (Å²) >= 11 is 0. The first-order valence-electron chi connectivity index (χ1n) is 9.89. The fourth-order valence-electron chi connectivity index (χ4n) is 2.77. The van der Waals surface area contributed by atoms with Crippen molar-refractivity contribution in [3.63, 3.8) is 0 Å². The van der Waals surface area contributed by atoms with Crippen molar-refractivity contribution >= 4 is 9.76 Å². The molecule has 1 aromatic heterocycles. The van der Waals surface area contributed by atoms with Gasteiger partial charge in [-0.15, -0.1) is 0 Å². The van der Waals surface area contributed by atoms with Gasteiger partial charge >= 0.3 is 0 Å². The van der Waals surface area contributed by atoms with E-state index in [0.29, 0.717) is 0 Å². The van der Waals surface area contributed by atoms with Crippen molar-refractivity contribution in [2.45, 2.75) is 58.4 Å². The van der Waals surface area contributed by atoms with Gasteiger partial charge in [0.1, 0.15) is 5.75 Å². The molecule has 0 saturated heterocycles. The van der Waals surface area contributed by atoms with Crippen LogP contribution < -0.4 is 4.74 Å². The Bertz CT molecular complexity index is 602. The van der Waals surface area contributed by atoms with Gasteiger partial charge in [-0.2, -0.15) is 0 Å². The molecule has 0 atom stereocenters. The largest absolute Gasteiger partial charge is 0.494 e.